The second kappa shape index (κ2) is 7.67. The van der Waals surface area contributed by atoms with E-state index in [1.165, 1.54) is 0 Å². The third kappa shape index (κ3) is 3.80. The van der Waals surface area contributed by atoms with Crippen LogP contribution in [0.3, 0.4) is 0 Å². The Morgan fingerprint density at radius 1 is 1.29 bits per heavy atom. The van der Waals surface area contributed by atoms with Crippen LogP contribution in [0, 0.1) is 6.92 Å². The largest absolute Gasteiger partial charge is 0.487 e. The Kier molecular flexibility index (Phi) is 4.92. The number of ether oxygens (including phenoxy) is 2. The van der Waals surface area contributed by atoms with Gasteiger partial charge >= 0.3 is 0 Å². The molecule has 1 atom stereocenters. The number of benzene rings is 1. The summed E-state index contributed by atoms with van der Waals surface area (Å²) < 4.78 is 12.8. The summed E-state index contributed by atoms with van der Waals surface area (Å²) in [5.41, 5.74) is 3.58. The molecule has 1 aromatic carbocycles. The van der Waals surface area contributed by atoms with Crippen LogP contribution in [0.1, 0.15) is 11.3 Å². The first kappa shape index (κ1) is 18.0. The molecule has 1 aliphatic rings. The molecular formula is C20H21N5O3. The molecule has 144 valence electrons. The van der Waals surface area contributed by atoms with E-state index in [4.69, 9.17) is 9.47 Å². The van der Waals surface area contributed by atoms with E-state index in [0.717, 1.165) is 34.7 Å². The maximum Gasteiger partial charge on any atom is 0.241 e. The van der Waals surface area contributed by atoms with E-state index in [0.29, 0.717) is 12.4 Å². The molecule has 0 aliphatic carbocycles. The van der Waals surface area contributed by atoms with Crippen molar-refractivity contribution in [2.24, 2.45) is 0 Å². The van der Waals surface area contributed by atoms with Gasteiger partial charge in [0.1, 0.15) is 18.4 Å². The van der Waals surface area contributed by atoms with Crippen molar-refractivity contribution in [3.8, 4) is 22.9 Å². The van der Waals surface area contributed by atoms with Gasteiger partial charge in [0.15, 0.2) is 0 Å². The van der Waals surface area contributed by atoms with Gasteiger partial charge in [0.05, 0.1) is 25.0 Å². The molecule has 3 heterocycles. The lowest BCUT2D eigenvalue weighted by Crippen LogP contribution is -2.36. The molecule has 8 heteroatoms. The molecule has 2 aromatic heterocycles. The number of aromatic nitrogens is 4. The smallest absolute Gasteiger partial charge is 0.241 e. The average Bonchev–Trinajstić information content (AvgIpc) is 3.31. The number of para-hydroxylation sites is 1. The molecule has 0 spiro atoms. The lowest BCUT2D eigenvalue weighted by atomic mass is 10.0. The first-order chi connectivity index (χ1) is 13.6. The maximum atomic E-state index is 12.1. The van der Waals surface area contributed by atoms with Gasteiger partial charge in [-0.15, -0.1) is 10.2 Å². The zero-order chi connectivity index (χ0) is 19.5. The van der Waals surface area contributed by atoms with Crippen LogP contribution in [0.2, 0.25) is 0 Å². The van der Waals surface area contributed by atoms with Crippen LogP contribution in [-0.2, 0) is 17.8 Å². The fraction of sp³-hybridized carbons (Fsp3) is 0.300. The number of rotatable bonds is 6. The van der Waals surface area contributed by atoms with Crippen LogP contribution >= 0.6 is 0 Å². The van der Waals surface area contributed by atoms with E-state index in [2.05, 4.69) is 20.6 Å². The van der Waals surface area contributed by atoms with Crippen LogP contribution in [0.5, 0.6) is 11.6 Å². The third-order valence-corrected chi connectivity index (χ3v) is 4.56. The molecule has 4 rings (SSSR count). The number of carbonyl (C=O) groups is 1. The third-order valence-electron chi connectivity index (χ3n) is 4.56. The van der Waals surface area contributed by atoms with Crippen molar-refractivity contribution in [1.29, 1.82) is 0 Å². The van der Waals surface area contributed by atoms with Gasteiger partial charge in [0.25, 0.3) is 0 Å². The summed E-state index contributed by atoms with van der Waals surface area (Å²) >= 11 is 0. The minimum atomic E-state index is -0.120. The summed E-state index contributed by atoms with van der Waals surface area (Å²) in [4.78, 5) is 12.1. The number of nitrogens with one attached hydrogen (secondary N) is 1. The standard InChI is InChI=1S/C20H21N5O3/c1-13-8-9-25(24-13)12-18(26)21-11-15-10-14-4-3-5-16(20(14)28-15)17-6-7-19(27-2)23-22-17/h3-9,15H,10-12H2,1-2H3,(H,21,26)/t15-/m0/s1. The predicted molar refractivity (Wildman–Crippen MR) is 102 cm³/mol. The predicted octanol–water partition coefficient (Wildman–Crippen LogP) is 1.78. The Bertz CT molecular complexity index is 984. The van der Waals surface area contributed by atoms with Gasteiger partial charge in [-0.05, 0) is 30.7 Å². The minimum absolute atomic E-state index is 0.0936. The summed E-state index contributed by atoms with van der Waals surface area (Å²) in [6.07, 6.45) is 2.40. The Morgan fingerprint density at radius 3 is 2.89 bits per heavy atom. The first-order valence-electron chi connectivity index (χ1n) is 9.06. The lowest BCUT2D eigenvalue weighted by molar-refractivity contribution is -0.122. The van der Waals surface area contributed by atoms with Crippen molar-refractivity contribution >= 4 is 5.91 Å². The molecule has 8 nitrogen and oxygen atoms in total. The van der Waals surface area contributed by atoms with Gasteiger partial charge in [-0.2, -0.15) is 5.10 Å². The highest BCUT2D eigenvalue weighted by Crippen LogP contribution is 2.37. The number of methoxy groups -OCH3 is 1. The molecule has 28 heavy (non-hydrogen) atoms. The molecule has 0 radical (unpaired) electrons. The molecule has 0 unspecified atom stereocenters. The molecule has 1 N–H and O–H groups in total. The second-order valence-corrected chi connectivity index (χ2v) is 6.66. The number of aryl methyl sites for hydroxylation is 1. The minimum Gasteiger partial charge on any atom is -0.487 e. The zero-order valence-electron chi connectivity index (χ0n) is 15.8. The Morgan fingerprint density at radius 2 is 2.18 bits per heavy atom. The van der Waals surface area contributed by atoms with E-state index in [1.54, 1.807) is 24.1 Å². The molecule has 0 saturated heterocycles. The SMILES string of the molecule is COc1ccc(-c2cccc3c2O[C@H](CNC(=O)Cn2ccc(C)n2)C3)nn1. The number of nitrogens with zero attached hydrogens (tertiary/aromatic N) is 4. The fourth-order valence-corrected chi connectivity index (χ4v) is 3.21. The molecular weight excluding hydrogens is 358 g/mol. The van der Waals surface area contributed by atoms with Crippen LogP contribution in [0.25, 0.3) is 11.3 Å². The molecule has 0 bridgehead atoms. The van der Waals surface area contributed by atoms with Gasteiger partial charge in [-0.3, -0.25) is 9.48 Å². The molecule has 0 saturated carbocycles. The van der Waals surface area contributed by atoms with Crippen LogP contribution in [0.4, 0.5) is 0 Å². The number of hydrogen-bond acceptors (Lipinski definition) is 6. The Balaban J connectivity index is 1.40. The van der Waals surface area contributed by atoms with Crippen molar-refractivity contribution in [2.45, 2.75) is 26.0 Å². The van der Waals surface area contributed by atoms with Crippen molar-refractivity contribution in [3.05, 3.63) is 53.9 Å². The topological polar surface area (TPSA) is 91.2 Å². The van der Waals surface area contributed by atoms with E-state index in [-0.39, 0.29) is 18.6 Å². The molecule has 0 fully saturated rings. The highest BCUT2D eigenvalue weighted by Gasteiger charge is 2.26. The number of hydrogen-bond donors (Lipinski definition) is 1. The van der Waals surface area contributed by atoms with Crippen molar-refractivity contribution in [1.82, 2.24) is 25.3 Å². The first-order valence-corrected chi connectivity index (χ1v) is 9.06. The zero-order valence-corrected chi connectivity index (χ0v) is 15.8. The summed E-state index contributed by atoms with van der Waals surface area (Å²) in [7, 11) is 1.55. The van der Waals surface area contributed by atoms with Crippen molar-refractivity contribution in [3.63, 3.8) is 0 Å². The van der Waals surface area contributed by atoms with Gasteiger partial charge < -0.3 is 14.8 Å². The molecule has 3 aromatic rings. The summed E-state index contributed by atoms with van der Waals surface area (Å²) in [5.74, 6) is 1.16. The van der Waals surface area contributed by atoms with E-state index in [1.807, 2.05) is 37.3 Å². The summed E-state index contributed by atoms with van der Waals surface area (Å²) in [6, 6.07) is 11.5. The highest BCUT2D eigenvalue weighted by atomic mass is 16.5. The number of fused-ring (bicyclic) bond motifs is 1. The summed E-state index contributed by atoms with van der Waals surface area (Å²) in [6.45, 7) is 2.52. The second-order valence-electron chi connectivity index (χ2n) is 6.66. The van der Waals surface area contributed by atoms with Gasteiger partial charge in [0, 0.05) is 24.2 Å². The summed E-state index contributed by atoms with van der Waals surface area (Å²) in [5, 5.41) is 15.4. The van der Waals surface area contributed by atoms with Crippen molar-refractivity contribution < 1.29 is 14.3 Å². The highest BCUT2D eigenvalue weighted by molar-refractivity contribution is 5.75. The lowest BCUT2D eigenvalue weighted by Gasteiger charge is -2.13. The van der Waals surface area contributed by atoms with Crippen LogP contribution in [-0.4, -0.2) is 45.6 Å². The van der Waals surface area contributed by atoms with Crippen LogP contribution in [0.15, 0.2) is 42.6 Å². The van der Waals surface area contributed by atoms with Gasteiger partial charge in [0.2, 0.25) is 11.8 Å². The van der Waals surface area contributed by atoms with Gasteiger partial charge in [-0.25, -0.2) is 0 Å². The molecule has 1 amide bonds. The van der Waals surface area contributed by atoms with Gasteiger partial charge in [-0.1, -0.05) is 12.1 Å². The van der Waals surface area contributed by atoms with E-state index in [9.17, 15) is 4.79 Å². The maximum absolute atomic E-state index is 12.1. The average molecular weight is 379 g/mol. The Labute approximate surface area is 162 Å². The van der Waals surface area contributed by atoms with Crippen LogP contribution < -0.4 is 14.8 Å². The normalized spacial score (nSPS) is 15.0. The number of carbonyl (C=O) groups excluding carboxylic acids is 1. The monoisotopic (exact) mass is 379 g/mol. The van der Waals surface area contributed by atoms with E-state index < -0.39 is 0 Å². The Hall–Kier alpha value is -3.42. The quantitative estimate of drug-likeness (QED) is 0.702. The van der Waals surface area contributed by atoms with Crippen molar-refractivity contribution in [2.75, 3.05) is 13.7 Å². The fourth-order valence-electron chi connectivity index (χ4n) is 3.21. The van der Waals surface area contributed by atoms with E-state index >= 15 is 0 Å². The molecule has 1 aliphatic heterocycles. The number of amides is 1.